The number of urea groups is 1. The number of hydrogen-bond donors (Lipinski definition) is 4. The summed E-state index contributed by atoms with van der Waals surface area (Å²) in [6, 6.07) is -1.81. The van der Waals surface area contributed by atoms with Gasteiger partial charge < -0.3 is 25.5 Å². The highest BCUT2D eigenvalue weighted by atomic mass is 16.4. The highest BCUT2D eigenvalue weighted by Crippen LogP contribution is 2.39. The lowest BCUT2D eigenvalue weighted by Gasteiger charge is -2.47. The van der Waals surface area contributed by atoms with Crippen LogP contribution in [0.15, 0.2) is 0 Å². The molecule has 120 valence electrons. The monoisotopic (exact) mass is 300 g/mol. The van der Waals surface area contributed by atoms with Crippen LogP contribution in [0.25, 0.3) is 0 Å². The van der Waals surface area contributed by atoms with E-state index in [1.165, 1.54) is 6.92 Å². The highest BCUT2D eigenvalue weighted by molar-refractivity contribution is 5.83. The van der Waals surface area contributed by atoms with Crippen LogP contribution in [-0.2, 0) is 4.79 Å². The van der Waals surface area contributed by atoms with Gasteiger partial charge in [-0.3, -0.25) is 0 Å². The molecule has 0 spiro atoms. The van der Waals surface area contributed by atoms with E-state index in [0.717, 1.165) is 25.7 Å². The van der Waals surface area contributed by atoms with Crippen LogP contribution in [0.5, 0.6) is 0 Å². The van der Waals surface area contributed by atoms with E-state index in [0.29, 0.717) is 19.5 Å². The summed E-state index contributed by atoms with van der Waals surface area (Å²) in [5.74, 6) is -1.20. The van der Waals surface area contributed by atoms with Crippen molar-refractivity contribution in [2.45, 2.75) is 56.8 Å². The van der Waals surface area contributed by atoms with Crippen molar-refractivity contribution in [3.8, 4) is 0 Å². The van der Waals surface area contributed by atoms with E-state index in [4.69, 9.17) is 5.11 Å². The molecule has 4 N–H and O–H groups in total. The first-order valence-electron chi connectivity index (χ1n) is 7.52. The number of carboxylic acids is 1. The number of rotatable bonds is 3. The largest absolute Gasteiger partial charge is 0.480 e. The van der Waals surface area contributed by atoms with Crippen molar-refractivity contribution in [1.29, 1.82) is 0 Å². The Balaban J connectivity index is 1.96. The van der Waals surface area contributed by atoms with Crippen molar-refractivity contribution in [1.82, 2.24) is 10.2 Å². The number of nitrogens with zero attached hydrogens (tertiary/aromatic N) is 1. The molecule has 2 rings (SSSR count). The Labute approximate surface area is 123 Å². The molecule has 2 unspecified atom stereocenters. The van der Waals surface area contributed by atoms with Gasteiger partial charge in [0.25, 0.3) is 0 Å². The molecular formula is C14H24N2O5. The summed E-state index contributed by atoms with van der Waals surface area (Å²) < 4.78 is 0. The van der Waals surface area contributed by atoms with Gasteiger partial charge in [0.2, 0.25) is 0 Å². The number of likely N-dealkylation sites (tertiary alicyclic amines) is 1. The molecule has 1 saturated heterocycles. The molecule has 1 heterocycles. The van der Waals surface area contributed by atoms with Crippen LogP contribution < -0.4 is 5.32 Å². The average Bonchev–Trinajstić information content (AvgIpc) is 2.42. The number of piperidine rings is 1. The lowest BCUT2D eigenvalue weighted by Crippen LogP contribution is -2.59. The van der Waals surface area contributed by atoms with Crippen molar-refractivity contribution >= 4 is 12.0 Å². The first-order chi connectivity index (χ1) is 9.83. The smallest absolute Gasteiger partial charge is 0.328 e. The van der Waals surface area contributed by atoms with Crippen LogP contribution in [0.3, 0.4) is 0 Å². The molecule has 0 aromatic carbocycles. The number of aliphatic hydroxyl groups is 2. The summed E-state index contributed by atoms with van der Waals surface area (Å²) >= 11 is 0. The van der Waals surface area contributed by atoms with Crippen molar-refractivity contribution in [3.05, 3.63) is 0 Å². The third-order valence-corrected chi connectivity index (χ3v) is 4.74. The number of nitrogens with one attached hydrogen (secondary N) is 1. The zero-order chi connectivity index (χ0) is 15.6. The van der Waals surface area contributed by atoms with Gasteiger partial charge in [0.1, 0.15) is 0 Å². The minimum atomic E-state index is -1.32. The van der Waals surface area contributed by atoms with Gasteiger partial charge in [-0.05, 0) is 26.2 Å². The lowest BCUT2D eigenvalue weighted by atomic mass is 9.71. The molecule has 1 aliphatic carbocycles. The second-order valence-electron chi connectivity index (χ2n) is 6.25. The molecule has 2 aliphatic rings. The quantitative estimate of drug-likeness (QED) is 0.593. The third-order valence-electron chi connectivity index (χ3n) is 4.74. The molecule has 0 aromatic heterocycles. The summed E-state index contributed by atoms with van der Waals surface area (Å²) in [6.45, 7) is 2.18. The number of carboxylic acid groups (broad SMARTS) is 1. The number of aliphatic hydroxyl groups excluding tert-OH is 1. The molecule has 7 nitrogen and oxygen atoms in total. The Morgan fingerprint density at radius 2 is 2.05 bits per heavy atom. The van der Waals surface area contributed by atoms with E-state index in [9.17, 15) is 19.8 Å². The summed E-state index contributed by atoms with van der Waals surface area (Å²) in [5.41, 5.74) is -0.675. The van der Waals surface area contributed by atoms with E-state index in [1.54, 1.807) is 4.90 Å². The molecule has 21 heavy (non-hydrogen) atoms. The molecule has 2 fully saturated rings. The average molecular weight is 300 g/mol. The summed E-state index contributed by atoms with van der Waals surface area (Å²) in [5, 5.41) is 31.3. The van der Waals surface area contributed by atoms with Crippen LogP contribution in [-0.4, -0.2) is 63.1 Å². The van der Waals surface area contributed by atoms with Gasteiger partial charge in [-0.25, -0.2) is 9.59 Å². The number of carbonyl (C=O) groups excluding carboxylic acids is 1. The predicted octanol–water partition coefficient (Wildman–Crippen LogP) is 0.157. The van der Waals surface area contributed by atoms with Crippen LogP contribution in [0.1, 0.15) is 39.0 Å². The normalized spacial score (nSPS) is 32.0. The van der Waals surface area contributed by atoms with Gasteiger partial charge in [-0.15, -0.1) is 0 Å². The Morgan fingerprint density at radius 1 is 1.33 bits per heavy atom. The zero-order valence-corrected chi connectivity index (χ0v) is 12.3. The third kappa shape index (κ3) is 3.47. The highest BCUT2D eigenvalue weighted by Gasteiger charge is 2.44. The maximum Gasteiger partial charge on any atom is 0.328 e. The number of fused-ring (bicyclic) bond motifs is 1. The molecule has 0 radical (unpaired) electrons. The van der Waals surface area contributed by atoms with Gasteiger partial charge in [0.15, 0.2) is 6.04 Å². The van der Waals surface area contributed by atoms with E-state index in [2.05, 4.69) is 5.32 Å². The van der Waals surface area contributed by atoms with Crippen LogP contribution in [0.4, 0.5) is 4.79 Å². The minimum Gasteiger partial charge on any atom is -0.480 e. The van der Waals surface area contributed by atoms with Gasteiger partial charge in [0.05, 0.1) is 11.7 Å². The fraction of sp³-hybridized carbons (Fsp3) is 0.857. The van der Waals surface area contributed by atoms with Crippen molar-refractivity contribution in [2.24, 2.45) is 5.92 Å². The van der Waals surface area contributed by atoms with Gasteiger partial charge >= 0.3 is 12.0 Å². The molecule has 0 aromatic rings. The summed E-state index contributed by atoms with van der Waals surface area (Å²) in [4.78, 5) is 24.7. The number of amides is 2. The molecule has 0 bridgehead atoms. The zero-order valence-electron chi connectivity index (χ0n) is 12.3. The Hall–Kier alpha value is -1.34. The topological polar surface area (TPSA) is 110 Å². The lowest BCUT2D eigenvalue weighted by molar-refractivity contribution is -0.142. The first-order valence-corrected chi connectivity index (χ1v) is 7.52. The molecule has 2 amide bonds. The fourth-order valence-corrected chi connectivity index (χ4v) is 3.37. The van der Waals surface area contributed by atoms with Gasteiger partial charge in [-0.1, -0.05) is 12.8 Å². The molecular weight excluding hydrogens is 276 g/mol. The Kier molecular flexibility index (Phi) is 4.73. The second kappa shape index (κ2) is 6.19. The van der Waals surface area contributed by atoms with E-state index >= 15 is 0 Å². The standard InChI is InChI=1S/C14H24N2O5/c1-9(17)11(12(18)19)15-13(20)16-7-6-14(21)5-3-2-4-10(14)8-16/h9-11,17,21H,2-8H2,1H3,(H,15,20)(H,18,19)/t9-,10?,11+,14?/m1/s1. The SMILES string of the molecule is C[C@@H](O)[C@H](NC(=O)N1CCC2(O)CCCCC2C1)C(=O)O. The molecule has 4 atom stereocenters. The van der Waals surface area contributed by atoms with Crippen molar-refractivity contribution in [3.63, 3.8) is 0 Å². The van der Waals surface area contributed by atoms with Crippen LogP contribution in [0.2, 0.25) is 0 Å². The maximum absolute atomic E-state index is 12.2. The van der Waals surface area contributed by atoms with Gasteiger partial charge in [-0.2, -0.15) is 0 Å². The summed E-state index contributed by atoms with van der Waals surface area (Å²) in [6.07, 6.45) is 3.09. The fourth-order valence-electron chi connectivity index (χ4n) is 3.37. The van der Waals surface area contributed by atoms with E-state index < -0.39 is 29.7 Å². The van der Waals surface area contributed by atoms with Crippen LogP contribution in [0, 0.1) is 5.92 Å². The molecule has 1 saturated carbocycles. The summed E-state index contributed by atoms with van der Waals surface area (Å²) in [7, 11) is 0. The first kappa shape index (κ1) is 16.0. The van der Waals surface area contributed by atoms with Crippen molar-refractivity contribution in [2.75, 3.05) is 13.1 Å². The van der Waals surface area contributed by atoms with E-state index in [-0.39, 0.29) is 5.92 Å². The Morgan fingerprint density at radius 3 is 2.67 bits per heavy atom. The maximum atomic E-state index is 12.2. The molecule has 7 heteroatoms. The van der Waals surface area contributed by atoms with E-state index in [1.807, 2.05) is 0 Å². The Bertz CT molecular complexity index is 414. The van der Waals surface area contributed by atoms with Crippen molar-refractivity contribution < 1.29 is 24.9 Å². The predicted molar refractivity (Wildman–Crippen MR) is 74.7 cm³/mol. The van der Waals surface area contributed by atoms with Gasteiger partial charge in [0, 0.05) is 19.0 Å². The molecule has 1 aliphatic heterocycles. The number of hydrogen-bond acceptors (Lipinski definition) is 4. The second-order valence-corrected chi connectivity index (χ2v) is 6.25. The number of carbonyl (C=O) groups is 2. The number of aliphatic carboxylic acids is 1. The van der Waals surface area contributed by atoms with Crippen LogP contribution >= 0.6 is 0 Å². The minimum absolute atomic E-state index is 0.0561.